The smallest absolute Gasteiger partial charge is 0.233 e. The Hall–Kier alpha value is -2.12. The lowest BCUT2D eigenvalue weighted by Crippen LogP contribution is -2.72. The van der Waals surface area contributed by atoms with E-state index in [4.69, 9.17) is 17.0 Å². The maximum Gasteiger partial charge on any atom is 0.233 e. The number of nitrogens with zero attached hydrogens (tertiary/aromatic N) is 2. The third-order valence-electron chi connectivity index (χ3n) is 5.43. The van der Waals surface area contributed by atoms with E-state index in [0.717, 1.165) is 27.0 Å². The van der Waals surface area contributed by atoms with Gasteiger partial charge in [0.2, 0.25) is 5.91 Å². The number of halogens is 1. The number of hydrogen-bond donors (Lipinski definition) is 1. The molecule has 1 N–H and O–H groups in total. The van der Waals surface area contributed by atoms with Gasteiger partial charge in [-0.1, -0.05) is 39.7 Å². The van der Waals surface area contributed by atoms with Gasteiger partial charge in [-0.2, -0.15) is 0 Å². The minimum Gasteiger partial charge on any atom is -0.467 e. The van der Waals surface area contributed by atoms with Crippen LogP contribution >= 0.6 is 28.1 Å². The van der Waals surface area contributed by atoms with Crippen molar-refractivity contribution in [2.24, 2.45) is 5.92 Å². The summed E-state index contributed by atoms with van der Waals surface area (Å²) in [4.78, 5) is 16.8. The van der Waals surface area contributed by atoms with E-state index in [1.807, 2.05) is 55.1 Å². The fourth-order valence-corrected chi connectivity index (χ4v) is 4.96. The molecule has 7 heteroatoms. The number of rotatable bonds is 2. The molecule has 0 saturated carbocycles. The first-order chi connectivity index (χ1) is 13.2. The molecule has 0 radical (unpaired) electrons. The van der Waals surface area contributed by atoms with Gasteiger partial charge in [-0.3, -0.25) is 9.69 Å². The predicted octanol–water partition coefficient (Wildman–Crippen LogP) is 4.01. The van der Waals surface area contributed by atoms with Crippen molar-refractivity contribution >= 4 is 44.9 Å². The van der Waals surface area contributed by atoms with Gasteiger partial charge >= 0.3 is 0 Å². The Kier molecular flexibility index (Phi) is 4.62. The van der Waals surface area contributed by atoms with Gasteiger partial charge in [0.05, 0.1) is 6.04 Å². The SMILES string of the molecule is Cc1ccc2c(c1)[C@H]1NC(=S)N(c3cccc(Br)c3)[C@@](C)(O2)[C@H]1C(=O)N(C)C. The second kappa shape index (κ2) is 6.74. The third-order valence-corrected chi connectivity index (χ3v) is 6.22. The van der Waals surface area contributed by atoms with Crippen LogP contribution in [0.3, 0.4) is 0 Å². The summed E-state index contributed by atoms with van der Waals surface area (Å²) in [5, 5.41) is 3.97. The molecule has 2 bridgehead atoms. The van der Waals surface area contributed by atoms with Crippen LogP contribution in [0.1, 0.15) is 24.1 Å². The molecule has 2 aromatic rings. The van der Waals surface area contributed by atoms with Crippen molar-refractivity contribution in [3.63, 3.8) is 0 Å². The standard InChI is InChI=1S/C21H22BrN3O2S/c1-12-8-9-16-15(10-12)18-17(19(26)24(3)4)21(2,27-16)25(20(28)23-18)14-7-5-6-13(22)11-14/h5-11,17-18H,1-4H3,(H,23,28)/t17-,18-,21+/m1/s1. The summed E-state index contributed by atoms with van der Waals surface area (Å²) < 4.78 is 7.47. The van der Waals surface area contributed by atoms with E-state index in [0.29, 0.717) is 5.11 Å². The van der Waals surface area contributed by atoms with Gasteiger partial charge in [0, 0.05) is 29.8 Å². The van der Waals surface area contributed by atoms with Gasteiger partial charge < -0.3 is 15.0 Å². The third kappa shape index (κ3) is 2.88. The van der Waals surface area contributed by atoms with Crippen LogP contribution in [0, 0.1) is 12.8 Å². The Morgan fingerprint density at radius 3 is 2.71 bits per heavy atom. The predicted molar refractivity (Wildman–Crippen MR) is 117 cm³/mol. The highest BCUT2D eigenvalue weighted by Gasteiger charge is 2.59. The number of fused-ring (bicyclic) bond motifs is 4. The minimum atomic E-state index is -0.961. The fourth-order valence-electron chi connectivity index (χ4n) is 4.16. The molecule has 1 amide bonds. The second-order valence-corrected chi connectivity index (χ2v) is 8.95. The molecule has 2 aliphatic rings. The van der Waals surface area contributed by atoms with Gasteiger partial charge in [-0.05, 0) is 50.3 Å². The zero-order valence-electron chi connectivity index (χ0n) is 16.2. The molecular formula is C21H22BrN3O2S. The largest absolute Gasteiger partial charge is 0.467 e. The van der Waals surface area contributed by atoms with Gasteiger partial charge in [-0.15, -0.1) is 0 Å². The van der Waals surface area contributed by atoms with Crippen molar-refractivity contribution in [2.45, 2.75) is 25.6 Å². The number of ether oxygens (including phenoxy) is 1. The number of thiocarbonyl (C=S) groups is 1. The number of anilines is 1. The van der Waals surface area contributed by atoms with Crippen LogP contribution in [0.25, 0.3) is 0 Å². The maximum atomic E-state index is 13.3. The Labute approximate surface area is 178 Å². The van der Waals surface area contributed by atoms with Crippen LogP contribution in [-0.4, -0.2) is 35.7 Å². The van der Waals surface area contributed by atoms with Gasteiger partial charge in [0.1, 0.15) is 11.7 Å². The lowest BCUT2D eigenvalue weighted by molar-refractivity contribution is -0.144. The van der Waals surface area contributed by atoms with Crippen LogP contribution in [0.15, 0.2) is 46.9 Å². The van der Waals surface area contributed by atoms with E-state index in [-0.39, 0.29) is 11.9 Å². The molecular weight excluding hydrogens is 438 g/mol. The summed E-state index contributed by atoms with van der Waals surface area (Å²) in [5.74, 6) is 0.299. The molecule has 3 atom stereocenters. The highest BCUT2D eigenvalue weighted by atomic mass is 79.9. The first kappa shape index (κ1) is 19.2. The quantitative estimate of drug-likeness (QED) is 0.687. The van der Waals surface area contributed by atoms with E-state index in [1.165, 1.54) is 0 Å². The number of benzene rings is 2. The molecule has 1 saturated heterocycles. The molecule has 4 rings (SSSR count). The molecule has 2 aliphatic heterocycles. The Bertz CT molecular complexity index is 980. The molecule has 0 unspecified atom stereocenters. The van der Waals surface area contributed by atoms with Crippen molar-refractivity contribution in [3.8, 4) is 5.75 Å². The van der Waals surface area contributed by atoms with Crippen LogP contribution in [-0.2, 0) is 4.79 Å². The van der Waals surface area contributed by atoms with Gasteiger partial charge in [0.25, 0.3) is 0 Å². The number of aryl methyl sites for hydroxylation is 1. The summed E-state index contributed by atoms with van der Waals surface area (Å²) >= 11 is 9.27. The number of carbonyl (C=O) groups excluding carboxylic acids is 1. The molecule has 146 valence electrons. The van der Waals surface area contributed by atoms with Crippen LogP contribution < -0.4 is 15.0 Å². The Balaban J connectivity index is 1.93. The van der Waals surface area contributed by atoms with Gasteiger partial charge in [0.15, 0.2) is 10.8 Å². The van der Waals surface area contributed by atoms with Crippen molar-refractivity contribution in [1.82, 2.24) is 10.2 Å². The summed E-state index contributed by atoms with van der Waals surface area (Å²) in [6.07, 6.45) is 0. The molecule has 0 aliphatic carbocycles. The lowest BCUT2D eigenvalue weighted by atomic mass is 9.78. The summed E-state index contributed by atoms with van der Waals surface area (Å²) in [6.45, 7) is 3.98. The molecule has 5 nitrogen and oxygen atoms in total. The van der Waals surface area contributed by atoms with Crippen molar-refractivity contribution in [1.29, 1.82) is 0 Å². The topological polar surface area (TPSA) is 44.8 Å². The highest BCUT2D eigenvalue weighted by Crippen LogP contribution is 2.50. The molecule has 0 aromatic heterocycles. The summed E-state index contributed by atoms with van der Waals surface area (Å²) in [6, 6.07) is 13.7. The summed E-state index contributed by atoms with van der Waals surface area (Å²) in [5.41, 5.74) is 1.98. The van der Waals surface area contributed by atoms with E-state index < -0.39 is 11.6 Å². The normalized spacial score (nSPS) is 25.5. The molecule has 2 aromatic carbocycles. The van der Waals surface area contributed by atoms with Gasteiger partial charge in [-0.25, -0.2) is 0 Å². The first-order valence-electron chi connectivity index (χ1n) is 9.09. The minimum absolute atomic E-state index is 0.00495. The van der Waals surface area contributed by atoms with Crippen LogP contribution in [0.4, 0.5) is 5.69 Å². The second-order valence-electron chi connectivity index (χ2n) is 7.65. The van der Waals surface area contributed by atoms with Crippen LogP contribution in [0.2, 0.25) is 0 Å². The lowest BCUT2D eigenvalue weighted by Gasteiger charge is -2.56. The average molecular weight is 460 g/mol. The van der Waals surface area contributed by atoms with E-state index >= 15 is 0 Å². The van der Waals surface area contributed by atoms with Crippen molar-refractivity contribution in [3.05, 3.63) is 58.1 Å². The number of nitrogens with one attached hydrogen (secondary N) is 1. The van der Waals surface area contributed by atoms with E-state index in [2.05, 4.69) is 27.3 Å². The van der Waals surface area contributed by atoms with E-state index in [9.17, 15) is 4.79 Å². The molecule has 0 spiro atoms. The average Bonchev–Trinajstić information content (AvgIpc) is 2.61. The fraction of sp³-hybridized carbons (Fsp3) is 0.333. The van der Waals surface area contributed by atoms with Crippen molar-refractivity contribution in [2.75, 3.05) is 19.0 Å². The van der Waals surface area contributed by atoms with Crippen molar-refractivity contribution < 1.29 is 9.53 Å². The first-order valence-corrected chi connectivity index (χ1v) is 10.3. The number of carbonyl (C=O) groups is 1. The molecule has 2 heterocycles. The Morgan fingerprint density at radius 2 is 2.04 bits per heavy atom. The number of amides is 1. The number of hydrogen-bond acceptors (Lipinski definition) is 3. The molecule has 28 heavy (non-hydrogen) atoms. The van der Waals surface area contributed by atoms with Crippen LogP contribution in [0.5, 0.6) is 5.75 Å². The monoisotopic (exact) mass is 459 g/mol. The zero-order chi connectivity index (χ0) is 20.2. The Morgan fingerprint density at radius 1 is 1.29 bits per heavy atom. The summed E-state index contributed by atoms with van der Waals surface area (Å²) in [7, 11) is 3.55. The van der Waals surface area contributed by atoms with E-state index in [1.54, 1.807) is 19.0 Å². The highest BCUT2D eigenvalue weighted by molar-refractivity contribution is 9.10. The molecule has 1 fully saturated rings. The zero-order valence-corrected chi connectivity index (χ0v) is 18.6. The maximum absolute atomic E-state index is 13.3.